The van der Waals surface area contributed by atoms with Crippen LogP contribution >= 0.6 is 24.0 Å². The minimum Gasteiger partial charge on any atom is -0.490 e. The first-order chi connectivity index (χ1) is 13.9. The van der Waals surface area contributed by atoms with Gasteiger partial charge in [0.2, 0.25) is 0 Å². The smallest absolute Gasteiger partial charge is 0.422 e. The van der Waals surface area contributed by atoms with E-state index >= 15 is 0 Å². The molecule has 0 unspecified atom stereocenters. The average Bonchev–Trinajstić information content (AvgIpc) is 2.94. The van der Waals surface area contributed by atoms with Crippen molar-refractivity contribution >= 4 is 35.6 Å². The Labute approximate surface area is 189 Å². The second kappa shape index (κ2) is 11.1. The van der Waals surface area contributed by atoms with Gasteiger partial charge in [0.1, 0.15) is 5.75 Å². The molecule has 2 aromatic rings. The third-order valence-corrected chi connectivity index (χ3v) is 3.99. The number of nitrogens with one attached hydrogen (secondary N) is 2. The van der Waals surface area contributed by atoms with E-state index in [0.29, 0.717) is 37.2 Å². The first kappa shape index (κ1) is 23.9. The molecule has 3 rings (SSSR count). The van der Waals surface area contributed by atoms with Crippen molar-refractivity contribution < 1.29 is 27.4 Å². The molecule has 164 valence electrons. The zero-order valence-corrected chi connectivity index (χ0v) is 18.6. The Morgan fingerprint density at radius 1 is 1.10 bits per heavy atom. The van der Waals surface area contributed by atoms with Crippen LogP contribution in [-0.4, -0.2) is 39.0 Å². The molecule has 0 aliphatic carbocycles. The summed E-state index contributed by atoms with van der Waals surface area (Å²) in [4.78, 5) is 4.16. The SMILES string of the molecule is CN=C(NCc1cccc(OCC(F)(F)F)c1)Nc1ccc2c(c1)OCCCO2.I. The lowest BCUT2D eigenvalue weighted by molar-refractivity contribution is -0.153. The number of nitrogens with zero attached hydrogens (tertiary/aromatic N) is 1. The number of benzene rings is 2. The average molecular weight is 537 g/mol. The molecule has 0 saturated carbocycles. The number of aliphatic imine (C=N–C) groups is 1. The van der Waals surface area contributed by atoms with Crippen LogP contribution in [0.1, 0.15) is 12.0 Å². The summed E-state index contributed by atoms with van der Waals surface area (Å²) in [6.07, 6.45) is -3.55. The Morgan fingerprint density at radius 2 is 1.87 bits per heavy atom. The number of hydrogen-bond acceptors (Lipinski definition) is 4. The monoisotopic (exact) mass is 537 g/mol. The second-order valence-corrected chi connectivity index (χ2v) is 6.31. The maximum Gasteiger partial charge on any atom is 0.422 e. The molecule has 2 N–H and O–H groups in total. The third kappa shape index (κ3) is 7.47. The molecule has 1 aliphatic heterocycles. The number of hydrogen-bond donors (Lipinski definition) is 2. The van der Waals surface area contributed by atoms with E-state index in [1.807, 2.05) is 18.2 Å². The van der Waals surface area contributed by atoms with Crippen LogP contribution in [0.15, 0.2) is 47.5 Å². The lowest BCUT2D eigenvalue weighted by atomic mass is 10.2. The number of anilines is 1. The molecule has 0 saturated heterocycles. The molecule has 1 heterocycles. The van der Waals surface area contributed by atoms with Crippen LogP contribution in [-0.2, 0) is 6.54 Å². The van der Waals surface area contributed by atoms with E-state index in [0.717, 1.165) is 17.7 Å². The van der Waals surface area contributed by atoms with Gasteiger partial charge in [0, 0.05) is 31.8 Å². The summed E-state index contributed by atoms with van der Waals surface area (Å²) in [6.45, 7) is 0.246. The molecule has 0 atom stereocenters. The first-order valence-electron chi connectivity index (χ1n) is 9.09. The van der Waals surface area contributed by atoms with Gasteiger partial charge in [-0.05, 0) is 29.8 Å². The Kier molecular flexibility index (Phi) is 8.88. The van der Waals surface area contributed by atoms with Gasteiger partial charge in [0.25, 0.3) is 0 Å². The van der Waals surface area contributed by atoms with E-state index in [4.69, 9.17) is 14.2 Å². The van der Waals surface area contributed by atoms with Crippen LogP contribution in [0.3, 0.4) is 0 Å². The van der Waals surface area contributed by atoms with Gasteiger partial charge in [0.05, 0.1) is 13.2 Å². The predicted octanol–water partition coefficient (Wildman–Crippen LogP) is 4.59. The Balaban J connectivity index is 0.00000320. The molecule has 0 amide bonds. The van der Waals surface area contributed by atoms with Crippen molar-refractivity contribution in [2.75, 3.05) is 32.2 Å². The number of halogens is 4. The summed E-state index contributed by atoms with van der Waals surface area (Å²) in [7, 11) is 1.63. The van der Waals surface area contributed by atoms with Gasteiger partial charge >= 0.3 is 6.18 Å². The zero-order chi connectivity index (χ0) is 20.7. The van der Waals surface area contributed by atoms with E-state index in [2.05, 4.69) is 15.6 Å². The molecular formula is C20H23F3IN3O3. The normalized spacial score (nSPS) is 13.7. The van der Waals surface area contributed by atoms with Crippen molar-refractivity contribution in [1.82, 2.24) is 5.32 Å². The molecule has 30 heavy (non-hydrogen) atoms. The Morgan fingerprint density at radius 3 is 2.60 bits per heavy atom. The first-order valence-corrected chi connectivity index (χ1v) is 9.09. The zero-order valence-electron chi connectivity index (χ0n) is 16.3. The van der Waals surface area contributed by atoms with E-state index in [1.165, 1.54) is 6.07 Å². The summed E-state index contributed by atoms with van der Waals surface area (Å²) in [5.41, 5.74) is 1.52. The lowest BCUT2D eigenvalue weighted by Crippen LogP contribution is -2.30. The number of ether oxygens (including phenoxy) is 3. The molecule has 1 aliphatic rings. The molecule has 0 aromatic heterocycles. The standard InChI is InChI=1S/C20H22F3N3O3.HI/c1-24-19(26-15-6-7-17-18(11-15)28-9-3-8-27-17)25-12-14-4-2-5-16(10-14)29-13-20(21,22)23;/h2,4-7,10-11H,3,8-9,12-13H2,1H3,(H2,24,25,26);1H. The van der Waals surface area contributed by atoms with Gasteiger partial charge in [-0.3, -0.25) is 4.99 Å². The second-order valence-electron chi connectivity index (χ2n) is 6.31. The van der Waals surface area contributed by atoms with Crippen LogP contribution in [0.4, 0.5) is 18.9 Å². The van der Waals surface area contributed by atoms with Crippen molar-refractivity contribution in [3.8, 4) is 17.2 Å². The lowest BCUT2D eigenvalue weighted by Gasteiger charge is -2.14. The molecular weight excluding hydrogens is 514 g/mol. The third-order valence-electron chi connectivity index (χ3n) is 3.99. The highest BCUT2D eigenvalue weighted by Gasteiger charge is 2.28. The highest BCUT2D eigenvalue weighted by molar-refractivity contribution is 14.0. The maximum atomic E-state index is 12.3. The van der Waals surface area contributed by atoms with Gasteiger partial charge in [-0.25, -0.2) is 0 Å². The molecule has 0 fully saturated rings. The summed E-state index contributed by atoms with van der Waals surface area (Å²) >= 11 is 0. The minimum absolute atomic E-state index is 0. The Hall–Kier alpha value is -2.37. The fourth-order valence-corrected chi connectivity index (χ4v) is 2.65. The quantitative estimate of drug-likeness (QED) is 0.332. The van der Waals surface area contributed by atoms with Gasteiger partial charge < -0.3 is 24.8 Å². The maximum absolute atomic E-state index is 12.3. The topological polar surface area (TPSA) is 64.1 Å². The van der Waals surface area contributed by atoms with Crippen molar-refractivity contribution in [2.24, 2.45) is 4.99 Å². The fourth-order valence-electron chi connectivity index (χ4n) is 2.65. The predicted molar refractivity (Wildman–Crippen MR) is 119 cm³/mol. The molecule has 10 heteroatoms. The molecule has 0 radical (unpaired) electrons. The minimum atomic E-state index is -4.37. The van der Waals surface area contributed by atoms with Crippen molar-refractivity contribution in [1.29, 1.82) is 0 Å². The number of alkyl halides is 3. The van der Waals surface area contributed by atoms with Gasteiger partial charge in [0.15, 0.2) is 24.1 Å². The fraction of sp³-hybridized carbons (Fsp3) is 0.350. The molecule has 0 bridgehead atoms. The molecule has 2 aromatic carbocycles. The summed E-state index contributed by atoms with van der Waals surface area (Å²) in [6, 6.07) is 12.0. The van der Waals surface area contributed by atoms with Crippen LogP contribution in [0, 0.1) is 0 Å². The highest BCUT2D eigenvalue weighted by Crippen LogP contribution is 2.32. The van der Waals surface area contributed by atoms with Crippen LogP contribution in [0.5, 0.6) is 17.2 Å². The van der Waals surface area contributed by atoms with Crippen molar-refractivity contribution in [3.05, 3.63) is 48.0 Å². The largest absolute Gasteiger partial charge is 0.490 e. The highest BCUT2D eigenvalue weighted by atomic mass is 127. The van der Waals surface area contributed by atoms with Crippen LogP contribution < -0.4 is 24.8 Å². The van der Waals surface area contributed by atoms with E-state index in [9.17, 15) is 13.2 Å². The molecule has 0 spiro atoms. The Bertz CT molecular complexity index is 863. The van der Waals surface area contributed by atoms with Gasteiger partial charge in [-0.2, -0.15) is 13.2 Å². The number of guanidine groups is 1. The van der Waals surface area contributed by atoms with Crippen LogP contribution in [0.2, 0.25) is 0 Å². The molecule has 6 nitrogen and oxygen atoms in total. The van der Waals surface area contributed by atoms with Gasteiger partial charge in [-0.1, -0.05) is 12.1 Å². The summed E-state index contributed by atoms with van der Waals surface area (Å²) < 4.78 is 53.0. The van der Waals surface area contributed by atoms with E-state index < -0.39 is 12.8 Å². The van der Waals surface area contributed by atoms with Crippen molar-refractivity contribution in [2.45, 2.75) is 19.1 Å². The number of fused-ring (bicyclic) bond motifs is 1. The van der Waals surface area contributed by atoms with Crippen molar-refractivity contribution in [3.63, 3.8) is 0 Å². The van der Waals surface area contributed by atoms with E-state index in [-0.39, 0.29) is 29.7 Å². The van der Waals surface area contributed by atoms with Gasteiger partial charge in [-0.15, -0.1) is 24.0 Å². The number of rotatable bonds is 5. The van der Waals surface area contributed by atoms with Crippen LogP contribution in [0.25, 0.3) is 0 Å². The van der Waals surface area contributed by atoms with E-state index in [1.54, 1.807) is 25.2 Å². The summed E-state index contributed by atoms with van der Waals surface area (Å²) in [5.74, 6) is 2.03. The summed E-state index contributed by atoms with van der Waals surface area (Å²) in [5, 5.41) is 6.27.